The topological polar surface area (TPSA) is 50.9 Å². The van der Waals surface area contributed by atoms with Gasteiger partial charge in [0.2, 0.25) is 0 Å². The molecule has 0 amide bonds. The SMILES string of the molecule is NCCCCCCCCCCCCNc1ccnc2cc(Br)ccc12. The van der Waals surface area contributed by atoms with Crippen molar-refractivity contribution in [3.8, 4) is 0 Å². The van der Waals surface area contributed by atoms with Gasteiger partial charge in [-0.1, -0.05) is 67.3 Å². The molecule has 2 aromatic rings. The van der Waals surface area contributed by atoms with E-state index in [4.69, 9.17) is 5.73 Å². The third kappa shape index (κ3) is 7.74. The fourth-order valence-electron chi connectivity index (χ4n) is 3.18. The molecule has 0 unspecified atom stereocenters. The zero-order valence-corrected chi connectivity index (χ0v) is 16.9. The van der Waals surface area contributed by atoms with Gasteiger partial charge >= 0.3 is 0 Å². The van der Waals surface area contributed by atoms with Crippen molar-refractivity contribution in [1.29, 1.82) is 0 Å². The molecule has 0 aliphatic heterocycles. The van der Waals surface area contributed by atoms with Gasteiger partial charge in [0.05, 0.1) is 5.52 Å². The van der Waals surface area contributed by atoms with Crippen LogP contribution in [0.4, 0.5) is 5.69 Å². The average molecular weight is 406 g/mol. The highest BCUT2D eigenvalue weighted by Gasteiger charge is 2.02. The van der Waals surface area contributed by atoms with Crippen LogP contribution in [0.15, 0.2) is 34.9 Å². The van der Waals surface area contributed by atoms with E-state index in [1.54, 1.807) is 0 Å². The van der Waals surface area contributed by atoms with E-state index < -0.39 is 0 Å². The van der Waals surface area contributed by atoms with Crippen LogP contribution in [0.3, 0.4) is 0 Å². The second-order valence-electron chi connectivity index (χ2n) is 6.77. The zero-order valence-electron chi connectivity index (χ0n) is 15.3. The van der Waals surface area contributed by atoms with Crippen molar-refractivity contribution in [2.75, 3.05) is 18.4 Å². The Morgan fingerprint density at radius 1 is 0.840 bits per heavy atom. The quantitative estimate of drug-likeness (QED) is 0.386. The molecule has 0 aliphatic rings. The van der Waals surface area contributed by atoms with E-state index in [0.717, 1.165) is 23.1 Å². The van der Waals surface area contributed by atoms with Gasteiger partial charge in [-0.15, -0.1) is 0 Å². The van der Waals surface area contributed by atoms with E-state index in [1.165, 1.54) is 75.3 Å². The summed E-state index contributed by atoms with van der Waals surface area (Å²) in [5.74, 6) is 0. The lowest BCUT2D eigenvalue weighted by Gasteiger charge is -2.09. The van der Waals surface area contributed by atoms with Crippen LogP contribution in [0.25, 0.3) is 10.9 Å². The van der Waals surface area contributed by atoms with Gasteiger partial charge in [0.1, 0.15) is 0 Å². The van der Waals surface area contributed by atoms with Gasteiger partial charge < -0.3 is 11.1 Å². The molecule has 3 nitrogen and oxygen atoms in total. The predicted molar refractivity (Wildman–Crippen MR) is 113 cm³/mol. The number of nitrogens with zero attached hydrogens (tertiary/aromatic N) is 1. The Kier molecular flexibility index (Phi) is 9.90. The van der Waals surface area contributed by atoms with Crippen LogP contribution in [-0.4, -0.2) is 18.1 Å². The second kappa shape index (κ2) is 12.3. The largest absolute Gasteiger partial charge is 0.384 e. The van der Waals surface area contributed by atoms with Crippen LogP contribution in [0, 0.1) is 0 Å². The molecule has 3 N–H and O–H groups in total. The van der Waals surface area contributed by atoms with Crippen molar-refractivity contribution in [3.63, 3.8) is 0 Å². The highest BCUT2D eigenvalue weighted by Crippen LogP contribution is 2.24. The standard InChI is InChI=1S/C21H32BrN3/c22-18-11-12-19-20(13-16-25-21(19)17-18)24-15-10-8-6-4-2-1-3-5-7-9-14-23/h11-13,16-17H,1-10,14-15,23H2,(H,24,25). The number of aromatic nitrogens is 1. The first kappa shape index (κ1) is 20.2. The minimum atomic E-state index is 0.848. The van der Waals surface area contributed by atoms with Gasteiger partial charge in [-0.2, -0.15) is 0 Å². The van der Waals surface area contributed by atoms with E-state index in [-0.39, 0.29) is 0 Å². The van der Waals surface area contributed by atoms with Crippen molar-refractivity contribution in [2.45, 2.75) is 64.2 Å². The Morgan fingerprint density at radius 3 is 2.16 bits per heavy atom. The molecule has 0 aliphatic carbocycles. The Morgan fingerprint density at radius 2 is 1.48 bits per heavy atom. The molecule has 2 rings (SSSR count). The highest BCUT2D eigenvalue weighted by atomic mass is 79.9. The van der Waals surface area contributed by atoms with Gasteiger partial charge in [0.25, 0.3) is 0 Å². The molecule has 0 spiro atoms. The molecule has 0 saturated carbocycles. The number of anilines is 1. The van der Waals surface area contributed by atoms with Crippen molar-refractivity contribution in [1.82, 2.24) is 4.98 Å². The number of pyridine rings is 1. The Hall–Kier alpha value is -1.13. The summed E-state index contributed by atoms with van der Waals surface area (Å²) in [4.78, 5) is 4.44. The minimum absolute atomic E-state index is 0.848. The molecule has 4 heteroatoms. The lowest BCUT2D eigenvalue weighted by molar-refractivity contribution is 0.556. The van der Waals surface area contributed by atoms with Crippen molar-refractivity contribution in [3.05, 3.63) is 34.9 Å². The maximum atomic E-state index is 5.51. The number of benzene rings is 1. The number of nitrogens with two attached hydrogens (primary N) is 1. The lowest BCUT2D eigenvalue weighted by atomic mass is 10.1. The number of fused-ring (bicyclic) bond motifs is 1. The van der Waals surface area contributed by atoms with Crippen molar-refractivity contribution < 1.29 is 0 Å². The van der Waals surface area contributed by atoms with Gasteiger partial charge in [0, 0.05) is 28.3 Å². The second-order valence-corrected chi connectivity index (χ2v) is 7.69. The smallest absolute Gasteiger partial charge is 0.0733 e. The molecule has 25 heavy (non-hydrogen) atoms. The molecular formula is C21H32BrN3. The first-order valence-corrected chi connectivity index (χ1v) is 10.6. The normalized spacial score (nSPS) is 11.1. The molecule has 0 bridgehead atoms. The van der Waals surface area contributed by atoms with Crippen LogP contribution in [0.2, 0.25) is 0 Å². The summed E-state index contributed by atoms with van der Waals surface area (Å²) in [5.41, 5.74) is 7.73. The molecule has 1 heterocycles. The summed E-state index contributed by atoms with van der Waals surface area (Å²) < 4.78 is 1.07. The summed E-state index contributed by atoms with van der Waals surface area (Å²) in [6.07, 6.45) is 15.2. The summed E-state index contributed by atoms with van der Waals surface area (Å²) in [7, 11) is 0. The molecule has 0 radical (unpaired) electrons. The van der Waals surface area contributed by atoms with Crippen LogP contribution < -0.4 is 11.1 Å². The van der Waals surface area contributed by atoms with Crippen LogP contribution in [0.1, 0.15) is 64.2 Å². The molecule has 1 aromatic heterocycles. The molecule has 138 valence electrons. The number of nitrogens with one attached hydrogen (secondary N) is 1. The number of hydrogen-bond donors (Lipinski definition) is 2. The minimum Gasteiger partial charge on any atom is -0.384 e. The Labute approximate surface area is 160 Å². The fourth-order valence-corrected chi connectivity index (χ4v) is 3.53. The number of hydrogen-bond acceptors (Lipinski definition) is 3. The average Bonchev–Trinajstić information content (AvgIpc) is 2.62. The van der Waals surface area contributed by atoms with Crippen LogP contribution >= 0.6 is 15.9 Å². The predicted octanol–water partition coefficient (Wildman–Crippen LogP) is 6.27. The third-order valence-corrected chi connectivity index (χ3v) is 5.14. The zero-order chi connectivity index (χ0) is 17.7. The van der Waals surface area contributed by atoms with Gasteiger partial charge in [0.15, 0.2) is 0 Å². The molecule has 0 atom stereocenters. The number of unbranched alkanes of at least 4 members (excludes halogenated alkanes) is 9. The summed E-state index contributed by atoms with van der Waals surface area (Å²) in [6.45, 7) is 1.88. The maximum absolute atomic E-state index is 5.51. The number of halogens is 1. The van der Waals surface area contributed by atoms with E-state index >= 15 is 0 Å². The highest BCUT2D eigenvalue weighted by molar-refractivity contribution is 9.10. The lowest BCUT2D eigenvalue weighted by Crippen LogP contribution is -2.02. The fraction of sp³-hybridized carbons (Fsp3) is 0.571. The van der Waals surface area contributed by atoms with Crippen LogP contribution in [-0.2, 0) is 0 Å². The summed E-state index contributed by atoms with van der Waals surface area (Å²) >= 11 is 3.51. The first-order valence-electron chi connectivity index (χ1n) is 9.79. The maximum Gasteiger partial charge on any atom is 0.0733 e. The van der Waals surface area contributed by atoms with E-state index in [0.29, 0.717) is 0 Å². The van der Waals surface area contributed by atoms with Gasteiger partial charge in [-0.3, -0.25) is 4.98 Å². The van der Waals surface area contributed by atoms with Gasteiger partial charge in [-0.25, -0.2) is 0 Å². The molecular weight excluding hydrogens is 374 g/mol. The van der Waals surface area contributed by atoms with Crippen molar-refractivity contribution >= 4 is 32.5 Å². The molecule has 0 saturated heterocycles. The third-order valence-electron chi connectivity index (χ3n) is 4.65. The van der Waals surface area contributed by atoms with E-state index in [1.807, 2.05) is 6.20 Å². The van der Waals surface area contributed by atoms with E-state index in [2.05, 4.69) is 50.5 Å². The first-order chi connectivity index (χ1) is 12.3. The number of rotatable bonds is 13. The Balaban J connectivity index is 1.54. The molecule has 0 fully saturated rings. The monoisotopic (exact) mass is 405 g/mol. The van der Waals surface area contributed by atoms with E-state index in [9.17, 15) is 0 Å². The Bertz CT molecular complexity index is 615. The van der Waals surface area contributed by atoms with Crippen LogP contribution in [0.5, 0.6) is 0 Å². The molecule has 1 aromatic carbocycles. The van der Waals surface area contributed by atoms with Gasteiger partial charge in [-0.05, 0) is 43.7 Å². The summed E-state index contributed by atoms with van der Waals surface area (Å²) in [6, 6.07) is 8.34. The summed E-state index contributed by atoms with van der Waals surface area (Å²) in [5, 5.41) is 4.77. The van der Waals surface area contributed by atoms with Crippen molar-refractivity contribution in [2.24, 2.45) is 5.73 Å².